The first-order valence-corrected chi connectivity index (χ1v) is 7.77. The Morgan fingerprint density at radius 1 is 1.29 bits per heavy atom. The summed E-state index contributed by atoms with van der Waals surface area (Å²) in [5.41, 5.74) is 1.63. The summed E-state index contributed by atoms with van der Waals surface area (Å²) < 4.78 is 0. The molecule has 1 heterocycles. The number of rotatable bonds is 6. The second-order valence-corrected chi connectivity index (χ2v) is 5.47. The lowest BCUT2D eigenvalue weighted by molar-refractivity contribution is 0.590. The van der Waals surface area contributed by atoms with Crippen LogP contribution in [-0.2, 0) is 0 Å². The van der Waals surface area contributed by atoms with Crippen LogP contribution < -0.4 is 4.90 Å². The summed E-state index contributed by atoms with van der Waals surface area (Å²) in [4.78, 5) is 7.06. The third-order valence-corrected chi connectivity index (χ3v) is 3.97. The maximum absolute atomic E-state index is 9.49. The average molecular weight is 281 g/mol. The van der Waals surface area contributed by atoms with Crippen LogP contribution in [0.4, 0.5) is 5.82 Å². The van der Waals surface area contributed by atoms with Gasteiger partial charge in [-0.2, -0.15) is 5.26 Å². The lowest BCUT2D eigenvalue weighted by Crippen LogP contribution is -2.34. The molecule has 0 aliphatic heterocycles. The molecule has 3 nitrogen and oxygen atoms in total. The third kappa shape index (κ3) is 3.33. The van der Waals surface area contributed by atoms with E-state index >= 15 is 0 Å². The summed E-state index contributed by atoms with van der Waals surface area (Å²) in [6.45, 7) is 7.52. The first-order chi connectivity index (χ1) is 10.2. The highest BCUT2D eigenvalue weighted by molar-refractivity contribution is 5.83. The van der Waals surface area contributed by atoms with Crippen molar-refractivity contribution in [2.75, 3.05) is 11.4 Å². The van der Waals surface area contributed by atoms with Gasteiger partial charge in [0.05, 0.1) is 11.1 Å². The summed E-state index contributed by atoms with van der Waals surface area (Å²) in [5.74, 6) is 0.832. The third-order valence-electron chi connectivity index (χ3n) is 3.97. The van der Waals surface area contributed by atoms with Crippen LogP contribution in [0.1, 0.15) is 45.6 Å². The lowest BCUT2D eigenvalue weighted by Gasteiger charge is -2.30. The van der Waals surface area contributed by atoms with Crippen molar-refractivity contribution in [2.24, 2.45) is 0 Å². The fourth-order valence-corrected chi connectivity index (χ4v) is 2.49. The van der Waals surface area contributed by atoms with Crippen molar-refractivity contribution in [3.63, 3.8) is 0 Å². The average Bonchev–Trinajstić information content (AvgIpc) is 2.54. The maximum atomic E-state index is 9.49. The molecule has 1 aromatic carbocycles. The zero-order valence-corrected chi connectivity index (χ0v) is 13.1. The van der Waals surface area contributed by atoms with Gasteiger partial charge in [0.1, 0.15) is 11.9 Å². The summed E-state index contributed by atoms with van der Waals surface area (Å²) in [6, 6.07) is 12.6. The van der Waals surface area contributed by atoms with Crippen LogP contribution in [0, 0.1) is 11.3 Å². The fraction of sp³-hybridized carbons (Fsp3) is 0.444. The monoisotopic (exact) mass is 281 g/mol. The Morgan fingerprint density at radius 2 is 2.05 bits per heavy atom. The van der Waals surface area contributed by atoms with Crippen molar-refractivity contribution in [1.29, 1.82) is 5.26 Å². The number of benzene rings is 1. The van der Waals surface area contributed by atoms with Gasteiger partial charge in [-0.3, -0.25) is 0 Å². The highest BCUT2D eigenvalue weighted by Crippen LogP contribution is 2.25. The van der Waals surface area contributed by atoms with E-state index in [4.69, 9.17) is 4.98 Å². The van der Waals surface area contributed by atoms with Gasteiger partial charge in [-0.1, -0.05) is 38.5 Å². The van der Waals surface area contributed by atoms with Crippen LogP contribution in [0.3, 0.4) is 0 Å². The standard InChI is InChI=1S/C18H23N3/c1-4-6-11-21(14(3)5-2)18-16(13-19)12-15-9-7-8-10-17(15)20-18/h7-10,12,14H,4-6,11H2,1-3H3. The number of nitriles is 1. The highest BCUT2D eigenvalue weighted by atomic mass is 15.2. The van der Waals surface area contributed by atoms with Crippen LogP contribution >= 0.6 is 0 Å². The fourth-order valence-electron chi connectivity index (χ4n) is 2.49. The van der Waals surface area contributed by atoms with Gasteiger partial charge in [-0.15, -0.1) is 0 Å². The first kappa shape index (κ1) is 15.3. The summed E-state index contributed by atoms with van der Waals surface area (Å²) >= 11 is 0. The van der Waals surface area contributed by atoms with Gasteiger partial charge in [0.2, 0.25) is 0 Å². The van der Waals surface area contributed by atoms with Gasteiger partial charge in [0.25, 0.3) is 0 Å². The van der Waals surface area contributed by atoms with Crippen LogP contribution in [0.2, 0.25) is 0 Å². The Balaban J connectivity index is 2.52. The number of nitrogens with zero attached hydrogens (tertiary/aromatic N) is 3. The molecule has 1 unspecified atom stereocenters. The number of hydrogen-bond donors (Lipinski definition) is 0. The number of anilines is 1. The van der Waals surface area contributed by atoms with E-state index in [-0.39, 0.29) is 0 Å². The molecule has 0 amide bonds. The zero-order valence-electron chi connectivity index (χ0n) is 13.1. The Labute approximate surface area is 127 Å². The maximum Gasteiger partial charge on any atom is 0.147 e. The van der Waals surface area contributed by atoms with Crippen molar-refractivity contribution in [3.8, 4) is 6.07 Å². The molecule has 21 heavy (non-hydrogen) atoms. The van der Waals surface area contributed by atoms with Crippen molar-refractivity contribution < 1.29 is 0 Å². The van der Waals surface area contributed by atoms with Crippen LogP contribution in [0.25, 0.3) is 10.9 Å². The SMILES string of the molecule is CCCCN(c1nc2ccccc2cc1C#N)C(C)CC. The highest BCUT2D eigenvalue weighted by Gasteiger charge is 2.18. The molecule has 0 radical (unpaired) electrons. The molecule has 1 aromatic heterocycles. The van der Waals surface area contributed by atoms with Gasteiger partial charge in [0, 0.05) is 18.0 Å². The van der Waals surface area contributed by atoms with E-state index in [9.17, 15) is 5.26 Å². The zero-order chi connectivity index (χ0) is 15.2. The molecule has 0 N–H and O–H groups in total. The Hall–Kier alpha value is -2.08. The van der Waals surface area contributed by atoms with Gasteiger partial charge in [-0.25, -0.2) is 4.98 Å². The Kier molecular flexibility index (Phi) is 5.16. The van der Waals surface area contributed by atoms with E-state index in [1.54, 1.807) is 0 Å². The van der Waals surface area contributed by atoms with E-state index in [2.05, 4.69) is 31.7 Å². The van der Waals surface area contributed by atoms with E-state index in [1.807, 2.05) is 30.3 Å². The summed E-state index contributed by atoms with van der Waals surface area (Å²) in [7, 11) is 0. The summed E-state index contributed by atoms with van der Waals surface area (Å²) in [5, 5.41) is 10.5. The molecular weight excluding hydrogens is 258 g/mol. The molecule has 0 fully saturated rings. The predicted octanol–water partition coefficient (Wildman–Crippen LogP) is 4.51. The number of fused-ring (bicyclic) bond motifs is 1. The number of para-hydroxylation sites is 1. The van der Waals surface area contributed by atoms with E-state index in [0.29, 0.717) is 11.6 Å². The van der Waals surface area contributed by atoms with E-state index in [0.717, 1.165) is 42.5 Å². The summed E-state index contributed by atoms with van der Waals surface area (Å²) in [6.07, 6.45) is 3.30. The molecule has 3 heteroatoms. The number of hydrogen-bond acceptors (Lipinski definition) is 3. The molecule has 0 aliphatic rings. The molecular formula is C18H23N3. The number of unbranched alkanes of at least 4 members (excludes halogenated alkanes) is 1. The van der Waals surface area contributed by atoms with Gasteiger partial charge < -0.3 is 4.90 Å². The molecule has 0 spiro atoms. The van der Waals surface area contributed by atoms with E-state index < -0.39 is 0 Å². The predicted molar refractivity (Wildman–Crippen MR) is 88.5 cm³/mol. The molecule has 0 aliphatic carbocycles. The van der Waals surface area contributed by atoms with Crippen molar-refractivity contribution in [3.05, 3.63) is 35.9 Å². The molecule has 110 valence electrons. The second-order valence-electron chi connectivity index (χ2n) is 5.47. The number of aromatic nitrogens is 1. The molecule has 2 aromatic rings. The van der Waals surface area contributed by atoms with Crippen molar-refractivity contribution in [2.45, 2.75) is 46.1 Å². The molecule has 0 saturated carbocycles. The van der Waals surface area contributed by atoms with Gasteiger partial charge in [-0.05, 0) is 31.9 Å². The molecule has 1 atom stereocenters. The lowest BCUT2D eigenvalue weighted by atomic mass is 10.1. The first-order valence-electron chi connectivity index (χ1n) is 7.77. The quantitative estimate of drug-likeness (QED) is 0.782. The van der Waals surface area contributed by atoms with Gasteiger partial charge >= 0.3 is 0 Å². The normalized spacial score (nSPS) is 12.1. The van der Waals surface area contributed by atoms with E-state index in [1.165, 1.54) is 0 Å². The van der Waals surface area contributed by atoms with Crippen LogP contribution in [-0.4, -0.2) is 17.6 Å². The Morgan fingerprint density at radius 3 is 2.71 bits per heavy atom. The molecule has 0 saturated heterocycles. The minimum atomic E-state index is 0.386. The van der Waals surface area contributed by atoms with Crippen LogP contribution in [0.15, 0.2) is 30.3 Å². The second kappa shape index (κ2) is 7.08. The van der Waals surface area contributed by atoms with Crippen LogP contribution in [0.5, 0.6) is 0 Å². The minimum Gasteiger partial charge on any atom is -0.353 e. The van der Waals surface area contributed by atoms with Gasteiger partial charge in [0.15, 0.2) is 0 Å². The molecule has 0 bridgehead atoms. The topological polar surface area (TPSA) is 39.9 Å². The Bertz CT molecular complexity index is 642. The smallest absolute Gasteiger partial charge is 0.147 e. The molecule has 2 rings (SSSR count). The van der Waals surface area contributed by atoms with Crippen molar-refractivity contribution in [1.82, 2.24) is 4.98 Å². The van der Waals surface area contributed by atoms with Crippen molar-refractivity contribution >= 4 is 16.7 Å². The largest absolute Gasteiger partial charge is 0.353 e. The minimum absolute atomic E-state index is 0.386. The number of pyridine rings is 1.